The number of benzene rings is 1. The lowest BCUT2D eigenvalue weighted by Crippen LogP contribution is -2.19. The molecule has 0 fully saturated rings. The molecule has 1 aromatic carbocycles. The Labute approximate surface area is 119 Å². The summed E-state index contributed by atoms with van der Waals surface area (Å²) in [5.74, 6) is 0. The lowest BCUT2D eigenvalue weighted by molar-refractivity contribution is 0.587. The maximum atomic E-state index is 11.9. The highest BCUT2D eigenvalue weighted by atomic mass is 32.2. The number of aromatic nitrogens is 1. The zero-order chi connectivity index (χ0) is 14.6. The second kappa shape index (κ2) is 6.02. The lowest BCUT2D eigenvalue weighted by Gasteiger charge is -2.11. The number of anilines is 1. The molecular formula is C14H17N3O2S. The molecule has 0 saturated heterocycles. The van der Waals surface area contributed by atoms with Gasteiger partial charge in [0, 0.05) is 24.6 Å². The zero-order valence-electron chi connectivity index (χ0n) is 11.4. The summed E-state index contributed by atoms with van der Waals surface area (Å²) in [6.45, 7) is 2.39. The minimum absolute atomic E-state index is 0.291. The third-order valence-electron chi connectivity index (χ3n) is 2.99. The molecule has 0 atom stereocenters. The van der Waals surface area contributed by atoms with E-state index in [9.17, 15) is 8.42 Å². The number of nitrogens with one attached hydrogen (secondary N) is 2. The van der Waals surface area contributed by atoms with Gasteiger partial charge in [0.1, 0.15) is 0 Å². The first-order chi connectivity index (χ1) is 9.53. The largest absolute Gasteiger partial charge is 0.381 e. The van der Waals surface area contributed by atoms with Crippen molar-refractivity contribution in [3.63, 3.8) is 0 Å². The molecule has 0 saturated carbocycles. The van der Waals surface area contributed by atoms with Gasteiger partial charge < -0.3 is 5.32 Å². The third-order valence-corrected chi connectivity index (χ3v) is 4.55. The van der Waals surface area contributed by atoms with Crippen molar-refractivity contribution in [3.05, 3.63) is 53.9 Å². The lowest BCUT2D eigenvalue weighted by atomic mass is 10.2. The molecule has 2 aromatic rings. The van der Waals surface area contributed by atoms with Gasteiger partial charge in [0.2, 0.25) is 10.0 Å². The van der Waals surface area contributed by atoms with E-state index in [0.29, 0.717) is 17.0 Å². The molecule has 0 aliphatic carbocycles. The third kappa shape index (κ3) is 3.34. The van der Waals surface area contributed by atoms with E-state index < -0.39 is 10.0 Å². The van der Waals surface area contributed by atoms with Crippen molar-refractivity contribution in [3.8, 4) is 0 Å². The molecule has 0 aliphatic rings. The molecule has 2 rings (SSSR count). The molecule has 1 heterocycles. The second-order valence-electron chi connectivity index (χ2n) is 4.40. The van der Waals surface area contributed by atoms with Crippen LogP contribution < -0.4 is 10.0 Å². The number of hydrogen-bond acceptors (Lipinski definition) is 4. The highest BCUT2D eigenvalue weighted by Gasteiger charge is 2.14. The molecular weight excluding hydrogens is 274 g/mol. The Hall–Kier alpha value is -1.92. The number of sulfonamides is 1. The van der Waals surface area contributed by atoms with Gasteiger partial charge in [-0.05, 0) is 49.4 Å². The predicted molar refractivity (Wildman–Crippen MR) is 79.0 cm³/mol. The monoisotopic (exact) mass is 291 g/mol. The standard InChI is InChI=1S/C14H17N3O2S/c1-11-3-4-13(9-14(11)20(18,19)15-2)17-10-12-5-7-16-8-6-12/h3-9,15,17H,10H2,1-2H3. The number of hydrogen-bond donors (Lipinski definition) is 2. The Morgan fingerprint density at radius 3 is 2.50 bits per heavy atom. The summed E-state index contributed by atoms with van der Waals surface area (Å²) in [5.41, 5.74) is 2.56. The van der Waals surface area contributed by atoms with E-state index in [4.69, 9.17) is 0 Å². The van der Waals surface area contributed by atoms with Crippen molar-refractivity contribution in [2.45, 2.75) is 18.4 Å². The molecule has 0 spiro atoms. The van der Waals surface area contributed by atoms with E-state index in [2.05, 4.69) is 15.0 Å². The Morgan fingerprint density at radius 1 is 1.15 bits per heavy atom. The van der Waals surface area contributed by atoms with E-state index >= 15 is 0 Å². The smallest absolute Gasteiger partial charge is 0.240 e. The van der Waals surface area contributed by atoms with Crippen molar-refractivity contribution >= 4 is 15.7 Å². The Kier molecular flexibility index (Phi) is 4.36. The number of rotatable bonds is 5. The molecule has 5 nitrogen and oxygen atoms in total. The van der Waals surface area contributed by atoms with Crippen molar-refractivity contribution in [1.82, 2.24) is 9.71 Å². The van der Waals surface area contributed by atoms with E-state index in [1.807, 2.05) is 18.2 Å². The van der Waals surface area contributed by atoms with Crippen LogP contribution in [0.3, 0.4) is 0 Å². The van der Waals surface area contributed by atoms with Crippen LogP contribution in [0.4, 0.5) is 5.69 Å². The average Bonchev–Trinajstić information content (AvgIpc) is 2.47. The average molecular weight is 291 g/mol. The van der Waals surface area contributed by atoms with E-state index in [1.54, 1.807) is 31.5 Å². The van der Waals surface area contributed by atoms with Crippen molar-refractivity contribution in [2.24, 2.45) is 0 Å². The Balaban J connectivity index is 2.20. The summed E-state index contributed by atoms with van der Waals surface area (Å²) >= 11 is 0. The summed E-state index contributed by atoms with van der Waals surface area (Å²) < 4.78 is 26.1. The quantitative estimate of drug-likeness (QED) is 0.883. The van der Waals surface area contributed by atoms with Gasteiger partial charge >= 0.3 is 0 Å². The zero-order valence-corrected chi connectivity index (χ0v) is 12.2. The maximum Gasteiger partial charge on any atom is 0.240 e. The molecule has 6 heteroatoms. The maximum absolute atomic E-state index is 11.9. The summed E-state index contributed by atoms with van der Waals surface area (Å²) in [7, 11) is -2.03. The first-order valence-corrected chi connectivity index (χ1v) is 7.68. The van der Waals surface area contributed by atoms with Gasteiger partial charge in [-0.15, -0.1) is 0 Å². The van der Waals surface area contributed by atoms with E-state index in [1.165, 1.54) is 7.05 Å². The van der Waals surface area contributed by atoms with Crippen molar-refractivity contribution in [1.29, 1.82) is 0 Å². The number of pyridine rings is 1. The molecule has 1 aromatic heterocycles. The number of aryl methyl sites for hydroxylation is 1. The van der Waals surface area contributed by atoms with Crippen LogP contribution in [0.1, 0.15) is 11.1 Å². The van der Waals surface area contributed by atoms with Crippen LogP contribution >= 0.6 is 0 Å². The van der Waals surface area contributed by atoms with E-state index in [-0.39, 0.29) is 0 Å². The minimum atomic E-state index is -3.43. The fourth-order valence-electron chi connectivity index (χ4n) is 1.81. The molecule has 0 aliphatic heterocycles. The van der Waals surface area contributed by atoms with Gasteiger partial charge in [-0.1, -0.05) is 6.07 Å². The highest BCUT2D eigenvalue weighted by Crippen LogP contribution is 2.20. The molecule has 20 heavy (non-hydrogen) atoms. The fourth-order valence-corrected chi connectivity index (χ4v) is 2.81. The number of nitrogens with zero attached hydrogens (tertiary/aromatic N) is 1. The molecule has 0 amide bonds. The normalized spacial score (nSPS) is 11.3. The van der Waals surface area contributed by atoms with Gasteiger partial charge in [-0.2, -0.15) is 0 Å². The minimum Gasteiger partial charge on any atom is -0.381 e. The van der Waals surface area contributed by atoms with Crippen LogP contribution in [-0.2, 0) is 16.6 Å². The van der Waals surface area contributed by atoms with Gasteiger partial charge in [0.25, 0.3) is 0 Å². The highest BCUT2D eigenvalue weighted by molar-refractivity contribution is 7.89. The first kappa shape index (κ1) is 14.5. The Bertz CT molecular complexity index is 685. The topological polar surface area (TPSA) is 71.1 Å². The molecule has 2 N–H and O–H groups in total. The SMILES string of the molecule is CNS(=O)(=O)c1cc(NCc2ccncc2)ccc1C. The van der Waals surface area contributed by atoms with Crippen LogP contribution in [0.5, 0.6) is 0 Å². The fraction of sp³-hybridized carbons (Fsp3) is 0.214. The first-order valence-electron chi connectivity index (χ1n) is 6.20. The Morgan fingerprint density at radius 2 is 1.85 bits per heavy atom. The van der Waals surface area contributed by atoms with E-state index in [0.717, 1.165) is 11.3 Å². The van der Waals surface area contributed by atoms with Gasteiger partial charge in [0.05, 0.1) is 4.90 Å². The summed E-state index contributed by atoms with van der Waals surface area (Å²) in [5, 5.41) is 3.20. The van der Waals surface area contributed by atoms with Crippen molar-refractivity contribution < 1.29 is 8.42 Å². The van der Waals surface area contributed by atoms with Crippen LogP contribution in [0.2, 0.25) is 0 Å². The van der Waals surface area contributed by atoms with Gasteiger partial charge in [0.15, 0.2) is 0 Å². The summed E-state index contributed by atoms with van der Waals surface area (Å²) in [6, 6.07) is 9.12. The summed E-state index contributed by atoms with van der Waals surface area (Å²) in [6.07, 6.45) is 3.45. The van der Waals surface area contributed by atoms with Crippen molar-refractivity contribution in [2.75, 3.05) is 12.4 Å². The molecule has 0 bridgehead atoms. The molecule has 0 unspecified atom stereocenters. The van der Waals surface area contributed by atoms with Crippen LogP contribution in [-0.4, -0.2) is 20.4 Å². The van der Waals surface area contributed by atoms with Crippen LogP contribution in [0, 0.1) is 6.92 Å². The summed E-state index contributed by atoms with van der Waals surface area (Å²) in [4.78, 5) is 4.25. The van der Waals surface area contributed by atoms with Crippen LogP contribution in [0.15, 0.2) is 47.6 Å². The second-order valence-corrected chi connectivity index (χ2v) is 6.25. The predicted octanol–water partition coefficient (Wildman–Crippen LogP) is 1.91. The molecule has 0 radical (unpaired) electrons. The molecule has 106 valence electrons. The van der Waals surface area contributed by atoms with Gasteiger partial charge in [-0.25, -0.2) is 13.1 Å². The van der Waals surface area contributed by atoms with Gasteiger partial charge in [-0.3, -0.25) is 4.98 Å². The van der Waals surface area contributed by atoms with Crippen LogP contribution in [0.25, 0.3) is 0 Å².